The number of hydrogen-bond acceptors (Lipinski definition) is 4. The summed E-state index contributed by atoms with van der Waals surface area (Å²) in [5, 5.41) is 0. The minimum absolute atomic E-state index is 0.142. The summed E-state index contributed by atoms with van der Waals surface area (Å²) < 4.78 is 5.70. The largest absolute Gasteiger partial charge is 0.493 e. The molecule has 0 atom stereocenters. The number of hydrogen-bond donors (Lipinski definition) is 0. The van der Waals surface area contributed by atoms with E-state index in [0.29, 0.717) is 18.6 Å². The predicted molar refractivity (Wildman–Crippen MR) is 77.1 cm³/mol. The van der Waals surface area contributed by atoms with E-state index < -0.39 is 0 Å². The molecule has 0 spiro atoms. The van der Waals surface area contributed by atoms with Crippen LogP contribution in [-0.2, 0) is 6.42 Å². The van der Waals surface area contributed by atoms with Gasteiger partial charge in [-0.2, -0.15) is 0 Å². The zero-order valence-electron chi connectivity index (χ0n) is 11.2. The summed E-state index contributed by atoms with van der Waals surface area (Å²) >= 11 is 1.65. The van der Waals surface area contributed by atoms with Crippen LogP contribution in [0.4, 0.5) is 0 Å². The van der Waals surface area contributed by atoms with Gasteiger partial charge in [0.2, 0.25) is 0 Å². The highest BCUT2D eigenvalue weighted by molar-refractivity contribution is 7.09. The van der Waals surface area contributed by atoms with E-state index in [1.807, 2.05) is 43.6 Å². The third kappa shape index (κ3) is 3.64. The normalized spacial score (nSPS) is 10.4. The predicted octanol–water partition coefficient (Wildman–Crippen LogP) is 3.67. The van der Waals surface area contributed by atoms with E-state index in [2.05, 4.69) is 4.98 Å². The molecule has 2 aromatic rings. The molecule has 3 nitrogen and oxygen atoms in total. The second kappa shape index (κ2) is 6.48. The summed E-state index contributed by atoms with van der Waals surface area (Å²) in [6.07, 6.45) is 1.37. The molecule has 0 N–H and O–H groups in total. The topological polar surface area (TPSA) is 39.2 Å². The van der Waals surface area contributed by atoms with Crippen molar-refractivity contribution in [1.82, 2.24) is 4.98 Å². The molecule has 0 aliphatic rings. The van der Waals surface area contributed by atoms with Crippen LogP contribution in [0.25, 0.3) is 0 Å². The van der Waals surface area contributed by atoms with Crippen molar-refractivity contribution in [3.63, 3.8) is 0 Å². The molecule has 0 aliphatic carbocycles. The van der Waals surface area contributed by atoms with Crippen LogP contribution in [0.5, 0.6) is 5.75 Å². The first-order valence-electron chi connectivity index (χ1n) is 6.35. The minimum atomic E-state index is 0.142. The Bertz CT molecular complexity index is 563. The summed E-state index contributed by atoms with van der Waals surface area (Å²) in [6.45, 7) is 4.47. The number of Topliss-reactive ketones (excluding diaryl/α,β-unsaturated/α-hetero) is 1. The van der Waals surface area contributed by atoms with Crippen molar-refractivity contribution in [2.24, 2.45) is 0 Å². The van der Waals surface area contributed by atoms with Gasteiger partial charge < -0.3 is 4.74 Å². The summed E-state index contributed by atoms with van der Waals surface area (Å²) in [5.74, 6) is 0.894. The molecule has 0 saturated heterocycles. The van der Waals surface area contributed by atoms with Crippen LogP contribution < -0.4 is 4.74 Å². The maximum atomic E-state index is 11.6. The lowest BCUT2D eigenvalue weighted by atomic mass is 10.1. The van der Waals surface area contributed by atoms with Gasteiger partial charge in [0.1, 0.15) is 5.75 Å². The van der Waals surface area contributed by atoms with E-state index >= 15 is 0 Å². The van der Waals surface area contributed by atoms with Crippen LogP contribution in [0.15, 0.2) is 29.8 Å². The Morgan fingerprint density at radius 3 is 2.95 bits per heavy atom. The van der Waals surface area contributed by atoms with Gasteiger partial charge in [0.15, 0.2) is 5.78 Å². The number of rotatable bonds is 6. The molecule has 0 bridgehead atoms. The Labute approximate surface area is 117 Å². The van der Waals surface area contributed by atoms with E-state index in [9.17, 15) is 4.79 Å². The Hall–Kier alpha value is -1.68. The summed E-state index contributed by atoms with van der Waals surface area (Å²) in [4.78, 5) is 17.1. The zero-order valence-corrected chi connectivity index (χ0v) is 12.0. The van der Waals surface area contributed by atoms with Crippen LogP contribution >= 0.6 is 11.3 Å². The van der Waals surface area contributed by atoms with Gasteiger partial charge in [-0.15, -0.1) is 11.3 Å². The zero-order chi connectivity index (χ0) is 13.7. The smallest absolute Gasteiger partial charge is 0.162 e. The molecule has 2 rings (SSSR count). The number of carbonyl (C=O) groups is 1. The summed E-state index contributed by atoms with van der Waals surface area (Å²) in [7, 11) is 0. The van der Waals surface area contributed by atoms with Crippen LogP contribution in [-0.4, -0.2) is 17.4 Å². The van der Waals surface area contributed by atoms with Gasteiger partial charge in [0.25, 0.3) is 0 Å². The lowest BCUT2D eigenvalue weighted by molar-refractivity contribution is 0.0987. The maximum Gasteiger partial charge on any atom is 0.162 e. The Morgan fingerprint density at radius 2 is 2.26 bits per heavy atom. The van der Waals surface area contributed by atoms with Crippen molar-refractivity contribution in [1.29, 1.82) is 0 Å². The Balaban J connectivity index is 1.93. The fourth-order valence-electron chi connectivity index (χ4n) is 1.79. The number of ketones is 1. The van der Waals surface area contributed by atoms with Crippen molar-refractivity contribution >= 4 is 17.1 Å². The number of carbonyl (C=O) groups excluding carboxylic acids is 1. The molecule has 0 saturated carbocycles. The summed E-state index contributed by atoms with van der Waals surface area (Å²) in [5.41, 5.74) is 3.64. The highest BCUT2D eigenvalue weighted by Crippen LogP contribution is 2.17. The molecule has 1 aromatic carbocycles. The second-order valence-corrected chi connectivity index (χ2v) is 5.20. The van der Waals surface area contributed by atoms with Crippen LogP contribution in [0, 0.1) is 6.92 Å². The van der Waals surface area contributed by atoms with Crippen molar-refractivity contribution in [3.8, 4) is 5.75 Å². The molecule has 0 amide bonds. The van der Waals surface area contributed by atoms with Crippen LogP contribution in [0.1, 0.15) is 34.3 Å². The number of nitrogens with zero attached hydrogens (tertiary/aromatic N) is 1. The van der Waals surface area contributed by atoms with Crippen molar-refractivity contribution in [2.75, 3.05) is 6.61 Å². The van der Waals surface area contributed by atoms with E-state index in [4.69, 9.17) is 4.74 Å². The molecule has 100 valence electrons. The molecule has 4 heteroatoms. The highest BCUT2D eigenvalue weighted by atomic mass is 32.1. The average molecular weight is 275 g/mol. The third-order valence-electron chi connectivity index (χ3n) is 2.92. The molecule has 1 aromatic heterocycles. The molecule has 0 radical (unpaired) electrons. The quantitative estimate of drug-likeness (QED) is 0.755. The first-order chi connectivity index (χ1) is 9.20. The average Bonchev–Trinajstić information content (AvgIpc) is 2.84. The molecule has 0 unspecified atom stereocenters. The number of thiazole rings is 1. The van der Waals surface area contributed by atoms with Gasteiger partial charge in [-0.05, 0) is 19.1 Å². The number of aryl methyl sites for hydroxylation is 1. The van der Waals surface area contributed by atoms with Gasteiger partial charge in [-0.25, -0.2) is 4.98 Å². The lowest BCUT2D eigenvalue weighted by Gasteiger charge is -2.07. The number of aromatic nitrogens is 1. The van der Waals surface area contributed by atoms with Crippen molar-refractivity contribution in [3.05, 3.63) is 45.9 Å². The van der Waals surface area contributed by atoms with Crippen molar-refractivity contribution < 1.29 is 9.53 Å². The minimum Gasteiger partial charge on any atom is -0.493 e. The Morgan fingerprint density at radius 1 is 1.42 bits per heavy atom. The number of ether oxygens (including phenoxy) is 1. The Kier molecular flexibility index (Phi) is 4.68. The SMILES string of the molecule is CCC(=O)c1cccc(OCCc2scnc2C)c1. The van der Waals surface area contributed by atoms with E-state index in [1.54, 1.807) is 11.3 Å². The van der Waals surface area contributed by atoms with E-state index in [1.165, 1.54) is 4.88 Å². The fourth-order valence-corrected chi connectivity index (χ4v) is 2.55. The molecular weight excluding hydrogens is 258 g/mol. The maximum absolute atomic E-state index is 11.6. The van der Waals surface area contributed by atoms with Gasteiger partial charge >= 0.3 is 0 Å². The van der Waals surface area contributed by atoms with Crippen molar-refractivity contribution in [2.45, 2.75) is 26.7 Å². The van der Waals surface area contributed by atoms with Crippen LogP contribution in [0.2, 0.25) is 0 Å². The van der Waals surface area contributed by atoms with E-state index in [0.717, 1.165) is 17.9 Å². The van der Waals surface area contributed by atoms with Gasteiger partial charge in [0, 0.05) is 23.3 Å². The molecule has 0 fully saturated rings. The summed E-state index contributed by atoms with van der Waals surface area (Å²) in [6, 6.07) is 7.37. The van der Waals surface area contributed by atoms with Gasteiger partial charge in [0.05, 0.1) is 17.8 Å². The molecule has 0 aliphatic heterocycles. The monoisotopic (exact) mass is 275 g/mol. The lowest BCUT2D eigenvalue weighted by Crippen LogP contribution is -2.02. The van der Waals surface area contributed by atoms with Crippen LogP contribution in [0.3, 0.4) is 0 Å². The molecular formula is C15H17NO2S. The molecule has 19 heavy (non-hydrogen) atoms. The second-order valence-electron chi connectivity index (χ2n) is 4.26. The first kappa shape index (κ1) is 13.7. The third-order valence-corrected chi connectivity index (χ3v) is 3.91. The first-order valence-corrected chi connectivity index (χ1v) is 7.23. The molecule has 1 heterocycles. The van der Waals surface area contributed by atoms with Gasteiger partial charge in [-0.1, -0.05) is 19.1 Å². The standard InChI is InChI=1S/C15H17NO2S/c1-3-14(17)12-5-4-6-13(9-12)18-8-7-15-11(2)16-10-19-15/h4-6,9-10H,3,7-8H2,1-2H3. The highest BCUT2D eigenvalue weighted by Gasteiger charge is 2.05. The number of benzene rings is 1. The van der Waals surface area contributed by atoms with Gasteiger partial charge in [-0.3, -0.25) is 4.79 Å². The van der Waals surface area contributed by atoms with E-state index in [-0.39, 0.29) is 5.78 Å². The fraction of sp³-hybridized carbons (Fsp3) is 0.333.